The van der Waals surface area contributed by atoms with Crippen LogP contribution in [0.3, 0.4) is 0 Å². The number of pyridine rings is 1. The third kappa shape index (κ3) is 3.45. The molecule has 2 N–H and O–H groups in total. The number of benzene rings is 1. The summed E-state index contributed by atoms with van der Waals surface area (Å²) in [6.07, 6.45) is 1.44. The van der Waals surface area contributed by atoms with Crippen LogP contribution in [-0.4, -0.2) is 17.5 Å². The van der Waals surface area contributed by atoms with E-state index in [9.17, 15) is 9.59 Å². The topological polar surface area (TPSA) is 71.2 Å². The zero-order chi connectivity index (χ0) is 13.7. The number of amides is 1. The van der Waals surface area contributed by atoms with Gasteiger partial charge in [-0.05, 0) is 25.1 Å². The van der Waals surface area contributed by atoms with Gasteiger partial charge in [-0.25, -0.2) is 0 Å². The van der Waals surface area contributed by atoms with Gasteiger partial charge in [0.2, 0.25) is 5.56 Å². The smallest absolute Gasteiger partial charge is 0.255 e. The summed E-state index contributed by atoms with van der Waals surface area (Å²) in [5.74, 6) is 0.353. The van der Waals surface area contributed by atoms with E-state index in [-0.39, 0.29) is 11.5 Å². The number of nitrogens with one attached hydrogen (secondary N) is 2. The normalized spacial score (nSPS) is 9.95. The molecule has 0 saturated heterocycles. The molecule has 0 saturated carbocycles. The largest absolute Gasteiger partial charge is 0.494 e. The third-order valence-electron chi connectivity index (χ3n) is 2.44. The lowest BCUT2D eigenvalue weighted by atomic mass is 10.2. The van der Waals surface area contributed by atoms with Gasteiger partial charge in [-0.3, -0.25) is 9.59 Å². The first-order valence-electron chi connectivity index (χ1n) is 5.92. The van der Waals surface area contributed by atoms with Crippen LogP contribution in [0.15, 0.2) is 47.4 Å². The van der Waals surface area contributed by atoms with Gasteiger partial charge in [-0.2, -0.15) is 0 Å². The minimum Gasteiger partial charge on any atom is -0.494 e. The quantitative estimate of drug-likeness (QED) is 0.881. The molecule has 0 atom stereocenters. The zero-order valence-electron chi connectivity index (χ0n) is 10.5. The molecule has 0 spiro atoms. The van der Waals surface area contributed by atoms with Crippen molar-refractivity contribution in [2.45, 2.75) is 6.92 Å². The van der Waals surface area contributed by atoms with Gasteiger partial charge in [0, 0.05) is 29.6 Å². The van der Waals surface area contributed by atoms with Crippen LogP contribution < -0.4 is 15.6 Å². The van der Waals surface area contributed by atoms with Crippen LogP contribution in [0, 0.1) is 0 Å². The van der Waals surface area contributed by atoms with Gasteiger partial charge in [0.05, 0.1) is 6.61 Å². The maximum atomic E-state index is 11.9. The molecule has 2 rings (SSSR count). The number of hydrogen-bond donors (Lipinski definition) is 2. The summed E-state index contributed by atoms with van der Waals surface area (Å²) in [6, 6.07) is 9.89. The number of hydrogen-bond acceptors (Lipinski definition) is 3. The van der Waals surface area contributed by atoms with Gasteiger partial charge in [0.1, 0.15) is 5.75 Å². The maximum absolute atomic E-state index is 11.9. The summed E-state index contributed by atoms with van der Waals surface area (Å²) in [5, 5.41) is 2.71. The molecule has 0 aliphatic heterocycles. The predicted octanol–water partition coefficient (Wildman–Crippen LogP) is 2.03. The second-order valence-electron chi connectivity index (χ2n) is 3.86. The summed E-state index contributed by atoms with van der Waals surface area (Å²) < 4.78 is 5.35. The average molecular weight is 258 g/mol. The minimum absolute atomic E-state index is 0.310. The Morgan fingerprint density at radius 2 is 2.16 bits per heavy atom. The van der Waals surface area contributed by atoms with E-state index in [1.807, 2.05) is 13.0 Å². The summed E-state index contributed by atoms with van der Waals surface area (Å²) in [4.78, 5) is 25.5. The Hall–Kier alpha value is -2.56. The molecule has 2 aromatic rings. The van der Waals surface area contributed by atoms with Crippen LogP contribution in [0.1, 0.15) is 17.3 Å². The van der Waals surface area contributed by atoms with E-state index < -0.39 is 0 Å². The average Bonchev–Trinajstić information content (AvgIpc) is 2.39. The molecule has 0 aliphatic rings. The highest BCUT2D eigenvalue weighted by Gasteiger charge is 2.06. The first kappa shape index (κ1) is 12.9. The van der Waals surface area contributed by atoms with Gasteiger partial charge >= 0.3 is 0 Å². The van der Waals surface area contributed by atoms with Crippen LogP contribution in [0.5, 0.6) is 5.75 Å². The molecule has 0 aliphatic carbocycles. The van der Waals surface area contributed by atoms with E-state index in [0.717, 1.165) is 0 Å². The number of aromatic amines is 1. The third-order valence-corrected chi connectivity index (χ3v) is 2.44. The number of anilines is 1. The number of rotatable bonds is 4. The lowest BCUT2D eigenvalue weighted by Gasteiger charge is -2.07. The molecule has 1 amide bonds. The lowest BCUT2D eigenvalue weighted by molar-refractivity contribution is 0.102. The standard InChI is InChI=1S/C14H14N2O3/c1-2-19-12-5-3-4-11(9-12)16-14(18)10-6-7-15-13(17)8-10/h3-9H,2H2,1H3,(H,15,17)(H,16,18). The lowest BCUT2D eigenvalue weighted by Crippen LogP contribution is -2.15. The summed E-state index contributed by atoms with van der Waals surface area (Å²) >= 11 is 0. The number of aromatic nitrogens is 1. The Balaban J connectivity index is 2.14. The molecular formula is C14H14N2O3. The number of ether oxygens (including phenoxy) is 1. The molecular weight excluding hydrogens is 244 g/mol. The fourth-order valence-corrected chi connectivity index (χ4v) is 1.62. The molecule has 1 aromatic heterocycles. The molecule has 1 heterocycles. The Labute approximate surface area is 110 Å². The zero-order valence-corrected chi connectivity index (χ0v) is 10.5. The van der Waals surface area contributed by atoms with E-state index in [1.54, 1.807) is 24.3 Å². The molecule has 1 aromatic carbocycles. The second-order valence-corrected chi connectivity index (χ2v) is 3.86. The van der Waals surface area contributed by atoms with E-state index in [2.05, 4.69) is 10.3 Å². The molecule has 5 heteroatoms. The Morgan fingerprint density at radius 3 is 2.89 bits per heavy atom. The van der Waals surface area contributed by atoms with Crippen molar-refractivity contribution in [2.75, 3.05) is 11.9 Å². The van der Waals surface area contributed by atoms with Gasteiger partial charge in [0.15, 0.2) is 0 Å². The summed E-state index contributed by atoms with van der Waals surface area (Å²) in [7, 11) is 0. The molecule has 0 unspecified atom stereocenters. The first-order valence-corrected chi connectivity index (χ1v) is 5.92. The highest BCUT2D eigenvalue weighted by molar-refractivity contribution is 6.04. The van der Waals surface area contributed by atoms with Crippen molar-refractivity contribution in [1.29, 1.82) is 0 Å². The van der Waals surface area contributed by atoms with Gasteiger partial charge in [0.25, 0.3) is 5.91 Å². The maximum Gasteiger partial charge on any atom is 0.255 e. The minimum atomic E-state index is -0.334. The highest BCUT2D eigenvalue weighted by Crippen LogP contribution is 2.17. The molecule has 0 fully saturated rings. The summed E-state index contributed by atoms with van der Waals surface area (Å²) in [5.41, 5.74) is 0.623. The van der Waals surface area contributed by atoms with Gasteiger partial charge < -0.3 is 15.0 Å². The van der Waals surface area contributed by atoms with E-state index in [1.165, 1.54) is 12.3 Å². The van der Waals surface area contributed by atoms with Gasteiger partial charge in [-0.1, -0.05) is 6.07 Å². The van der Waals surface area contributed by atoms with Gasteiger partial charge in [-0.15, -0.1) is 0 Å². The fourth-order valence-electron chi connectivity index (χ4n) is 1.62. The monoisotopic (exact) mass is 258 g/mol. The SMILES string of the molecule is CCOc1cccc(NC(=O)c2cc[nH]c(=O)c2)c1. The Kier molecular flexibility index (Phi) is 3.97. The van der Waals surface area contributed by atoms with Crippen molar-refractivity contribution in [3.05, 3.63) is 58.5 Å². The van der Waals surface area contributed by atoms with E-state index in [4.69, 9.17) is 4.74 Å². The number of carbonyl (C=O) groups is 1. The van der Waals surface area contributed by atoms with Crippen molar-refractivity contribution >= 4 is 11.6 Å². The predicted molar refractivity (Wildman–Crippen MR) is 72.6 cm³/mol. The second kappa shape index (κ2) is 5.86. The van der Waals surface area contributed by atoms with E-state index in [0.29, 0.717) is 23.6 Å². The number of carbonyl (C=O) groups excluding carboxylic acids is 1. The van der Waals surface area contributed by atoms with E-state index >= 15 is 0 Å². The molecule has 0 radical (unpaired) electrons. The Bertz CT molecular complexity index is 634. The highest BCUT2D eigenvalue weighted by atomic mass is 16.5. The molecule has 5 nitrogen and oxygen atoms in total. The van der Waals surface area contributed by atoms with Crippen molar-refractivity contribution in [3.63, 3.8) is 0 Å². The van der Waals surface area contributed by atoms with Crippen molar-refractivity contribution in [2.24, 2.45) is 0 Å². The van der Waals surface area contributed by atoms with Crippen molar-refractivity contribution in [1.82, 2.24) is 4.98 Å². The Morgan fingerprint density at radius 1 is 1.32 bits per heavy atom. The molecule has 19 heavy (non-hydrogen) atoms. The fraction of sp³-hybridized carbons (Fsp3) is 0.143. The van der Waals surface area contributed by atoms with Crippen LogP contribution in [0.25, 0.3) is 0 Å². The first-order chi connectivity index (χ1) is 9.19. The van der Waals surface area contributed by atoms with Crippen molar-refractivity contribution in [3.8, 4) is 5.75 Å². The van der Waals surface area contributed by atoms with Crippen molar-refractivity contribution < 1.29 is 9.53 Å². The van der Waals surface area contributed by atoms with Crippen LogP contribution in [-0.2, 0) is 0 Å². The molecule has 98 valence electrons. The van der Waals surface area contributed by atoms with Crippen LogP contribution in [0.4, 0.5) is 5.69 Å². The molecule has 0 bridgehead atoms. The summed E-state index contributed by atoms with van der Waals surface area (Å²) in [6.45, 7) is 2.45. The number of H-pyrrole nitrogens is 1. The van der Waals surface area contributed by atoms with Crippen LogP contribution >= 0.6 is 0 Å². The van der Waals surface area contributed by atoms with Crippen LogP contribution in [0.2, 0.25) is 0 Å².